The second kappa shape index (κ2) is 10.2. The Hall–Kier alpha value is -2.55. The van der Waals surface area contributed by atoms with Crippen molar-refractivity contribution in [3.05, 3.63) is 48.3 Å². The largest absolute Gasteiger partial charge is 0.461 e. The normalized spacial score (nSPS) is 30.0. The smallest absolute Gasteiger partial charge is 0.309 e. The molecule has 0 N–H and O–H groups in total. The summed E-state index contributed by atoms with van der Waals surface area (Å²) in [5, 5.41) is 0. The van der Waals surface area contributed by atoms with E-state index in [1.54, 1.807) is 7.11 Å². The van der Waals surface area contributed by atoms with Gasteiger partial charge in [0, 0.05) is 45.2 Å². The minimum Gasteiger partial charge on any atom is -0.461 e. The number of aliphatic imine (C=N–C) groups is 1. The predicted octanol–water partition coefficient (Wildman–Crippen LogP) is 2.78. The Morgan fingerprint density at radius 3 is 2.71 bits per heavy atom. The van der Waals surface area contributed by atoms with E-state index in [2.05, 4.69) is 14.8 Å². The molecule has 1 aromatic rings. The number of piperidine rings is 1. The van der Waals surface area contributed by atoms with Gasteiger partial charge in [-0.3, -0.25) is 19.5 Å². The van der Waals surface area contributed by atoms with Crippen molar-refractivity contribution in [2.24, 2.45) is 16.8 Å². The van der Waals surface area contributed by atoms with Crippen LogP contribution in [0.2, 0.25) is 0 Å². The average Bonchev–Trinajstić information content (AvgIpc) is 3.20. The number of methoxy groups -OCH3 is 1. The molecule has 35 heavy (non-hydrogen) atoms. The number of benzene rings is 1. The van der Waals surface area contributed by atoms with E-state index in [-0.39, 0.29) is 36.3 Å². The van der Waals surface area contributed by atoms with Crippen molar-refractivity contribution in [2.75, 3.05) is 40.0 Å². The maximum Gasteiger partial charge on any atom is 0.309 e. The highest BCUT2D eigenvalue weighted by atomic mass is 16.6. The van der Waals surface area contributed by atoms with Crippen LogP contribution in [0.4, 0.5) is 0 Å². The summed E-state index contributed by atoms with van der Waals surface area (Å²) in [7, 11) is 1.64. The Morgan fingerprint density at radius 2 is 2.00 bits per heavy atom. The first kappa shape index (κ1) is 24.2. The summed E-state index contributed by atoms with van der Waals surface area (Å²) >= 11 is 0. The summed E-state index contributed by atoms with van der Waals surface area (Å²) in [5.41, 5.74) is -0.158. The highest BCUT2D eigenvalue weighted by Crippen LogP contribution is 2.53. The topological polar surface area (TPSA) is 80.7 Å². The fourth-order valence-corrected chi connectivity index (χ4v) is 6.19. The molecule has 0 radical (unpaired) electrons. The van der Waals surface area contributed by atoms with Crippen LogP contribution in [0, 0.1) is 11.8 Å². The monoisotopic (exact) mass is 481 g/mol. The third-order valence-electron chi connectivity index (χ3n) is 7.94. The number of hydrogen-bond donors (Lipinski definition) is 0. The number of likely N-dealkylation sites (tertiary alicyclic amines) is 1. The molecule has 1 saturated carbocycles. The number of esters is 1. The first-order chi connectivity index (χ1) is 17.0. The fraction of sp³-hybridized carbons (Fsp3) is 0.593. The SMILES string of the molecule is COCC12CC(C(=O)OCc3ccccc3)CC(=O)C1CC1(CCN(CN3C=CN=CC3)CC1)O2. The van der Waals surface area contributed by atoms with E-state index in [0.717, 1.165) is 44.7 Å². The van der Waals surface area contributed by atoms with Gasteiger partial charge in [-0.1, -0.05) is 30.3 Å². The van der Waals surface area contributed by atoms with Gasteiger partial charge in [0.15, 0.2) is 0 Å². The lowest BCUT2D eigenvalue weighted by atomic mass is 9.69. The van der Waals surface area contributed by atoms with Crippen molar-refractivity contribution < 1.29 is 23.8 Å². The molecule has 3 heterocycles. The fourth-order valence-electron chi connectivity index (χ4n) is 6.19. The number of nitrogens with zero attached hydrogens (tertiary/aromatic N) is 3. The number of hydrogen-bond acceptors (Lipinski definition) is 8. The molecule has 3 aliphatic heterocycles. The van der Waals surface area contributed by atoms with Crippen LogP contribution in [0.15, 0.2) is 47.7 Å². The van der Waals surface area contributed by atoms with Gasteiger partial charge in [-0.25, -0.2) is 0 Å². The van der Waals surface area contributed by atoms with Gasteiger partial charge in [-0.15, -0.1) is 0 Å². The highest BCUT2D eigenvalue weighted by molar-refractivity contribution is 5.89. The molecule has 0 bridgehead atoms. The Morgan fingerprint density at radius 1 is 1.20 bits per heavy atom. The van der Waals surface area contributed by atoms with Gasteiger partial charge in [-0.2, -0.15) is 0 Å². The number of carbonyl (C=O) groups excluding carboxylic acids is 2. The van der Waals surface area contributed by atoms with E-state index < -0.39 is 11.5 Å². The molecular weight excluding hydrogens is 446 g/mol. The quantitative estimate of drug-likeness (QED) is 0.554. The molecule has 8 nitrogen and oxygen atoms in total. The van der Waals surface area contributed by atoms with E-state index in [4.69, 9.17) is 14.2 Å². The summed E-state index contributed by atoms with van der Waals surface area (Å²) in [5.74, 6) is -0.950. The zero-order valence-corrected chi connectivity index (χ0v) is 20.4. The minimum atomic E-state index is -0.755. The van der Waals surface area contributed by atoms with E-state index in [1.807, 2.05) is 48.9 Å². The van der Waals surface area contributed by atoms with Crippen LogP contribution >= 0.6 is 0 Å². The van der Waals surface area contributed by atoms with Crippen molar-refractivity contribution in [3.8, 4) is 0 Å². The van der Waals surface area contributed by atoms with Gasteiger partial charge < -0.3 is 19.1 Å². The first-order valence-electron chi connectivity index (χ1n) is 12.6. The zero-order chi connectivity index (χ0) is 24.3. The van der Waals surface area contributed by atoms with Crippen LogP contribution in [-0.4, -0.2) is 79.0 Å². The molecule has 3 fully saturated rings. The van der Waals surface area contributed by atoms with Crippen molar-refractivity contribution >= 4 is 18.0 Å². The van der Waals surface area contributed by atoms with E-state index in [1.165, 1.54) is 0 Å². The molecular formula is C27H35N3O5. The Bertz CT molecular complexity index is 972. The maximum absolute atomic E-state index is 13.3. The number of rotatable bonds is 7. The van der Waals surface area contributed by atoms with Gasteiger partial charge in [0.2, 0.25) is 0 Å². The molecule has 8 heteroatoms. The minimum absolute atomic E-state index is 0.104. The average molecular weight is 482 g/mol. The second-order valence-corrected chi connectivity index (χ2v) is 10.4. The summed E-state index contributed by atoms with van der Waals surface area (Å²) in [6, 6.07) is 9.61. The standard InChI is InChI=1S/C27H35N3O5/c1-33-19-27-16-22(25(32)34-18-21-5-3-2-4-6-21)15-24(31)23(27)17-26(35-27)7-11-29(12-8-26)20-30-13-9-28-10-14-30/h2-6,9-10,13,22-23H,7-8,11-12,14-20H2,1H3. The number of fused-ring (bicyclic) bond motifs is 1. The van der Waals surface area contributed by atoms with Gasteiger partial charge >= 0.3 is 5.97 Å². The molecule has 188 valence electrons. The van der Waals surface area contributed by atoms with Crippen molar-refractivity contribution in [1.82, 2.24) is 9.80 Å². The summed E-state index contributed by atoms with van der Waals surface area (Å²) in [6.07, 6.45) is 8.90. The molecule has 5 rings (SSSR count). The molecule has 1 aliphatic carbocycles. The molecule has 1 spiro atoms. The summed E-state index contributed by atoms with van der Waals surface area (Å²) < 4.78 is 18.0. The molecule has 3 atom stereocenters. The number of ether oxygens (including phenoxy) is 3. The predicted molar refractivity (Wildman–Crippen MR) is 131 cm³/mol. The van der Waals surface area contributed by atoms with Gasteiger partial charge in [0.05, 0.1) is 37.3 Å². The van der Waals surface area contributed by atoms with Crippen LogP contribution in [0.1, 0.15) is 37.7 Å². The third-order valence-corrected chi connectivity index (χ3v) is 7.94. The maximum atomic E-state index is 13.3. The van der Waals surface area contributed by atoms with Crippen LogP contribution in [-0.2, 0) is 30.4 Å². The van der Waals surface area contributed by atoms with Crippen LogP contribution in [0.25, 0.3) is 0 Å². The Balaban J connectivity index is 1.23. The van der Waals surface area contributed by atoms with Crippen LogP contribution in [0.5, 0.6) is 0 Å². The van der Waals surface area contributed by atoms with Crippen LogP contribution < -0.4 is 0 Å². The van der Waals surface area contributed by atoms with E-state index in [0.29, 0.717) is 19.4 Å². The van der Waals surface area contributed by atoms with Gasteiger partial charge in [0.1, 0.15) is 18.0 Å². The first-order valence-corrected chi connectivity index (χ1v) is 12.6. The van der Waals surface area contributed by atoms with E-state index >= 15 is 0 Å². The molecule has 3 unspecified atom stereocenters. The lowest BCUT2D eigenvalue weighted by Gasteiger charge is -2.43. The van der Waals surface area contributed by atoms with E-state index in [9.17, 15) is 9.59 Å². The van der Waals surface area contributed by atoms with Crippen molar-refractivity contribution in [2.45, 2.75) is 49.9 Å². The third kappa shape index (κ3) is 5.20. The molecule has 1 aromatic carbocycles. The Labute approximate surface area is 206 Å². The molecule has 0 aromatic heterocycles. The molecule has 0 amide bonds. The zero-order valence-electron chi connectivity index (χ0n) is 20.4. The summed E-state index contributed by atoms with van der Waals surface area (Å²) in [6.45, 7) is 4.03. The molecule has 2 saturated heterocycles. The second-order valence-electron chi connectivity index (χ2n) is 10.4. The van der Waals surface area contributed by atoms with Gasteiger partial charge in [0.25, 0.3) is 0 Å². The highest BCUT2D eigenvalue weighted by Gasteiger charge is 2.62. The Kier molecular flexibility index (Phi) is 7.05. The summed E-state index contributed by atoms with van der Waals surface area (Å²) in [4.78, 5) is 35.1. The molecule has 4 aliphatic rings. The van der Waals surface area contributed by atoms with Crippen molar-refractivity contribution in [3.63, 3.8) is 0 Å². The number of ketones is 1. The van der Waals surface area contributed by atoms with Crippen LogP contribution in [0.3, 0.4) is 0 Å². The van der Waals surface area contributed by atoms with Gasteiger partial charge in [-0.05, 0) is 31.2 Å². The number of carbonyl (C=O) groups is 2. The lowest BCUT2D eigenvalue weighted by molar-refractivity contribution is -0.184. The van der Waals surface area contributed by atoms with Crippen molar-refractivity contribution in [1.29, 1.82) is 0 Å². The lowest BCUT2D eigenvalue weighted by Crippen LogP contribution is -2.52. The number of Topliss-reactive ketones (excluding diaryl/α,β-unsaturated/α-hetero) is 1.